The van der Waals surface area contributed by atoms with Gasteiger partial charge in [-0.25, -0.2) is 0 Å². The monoisotopic (exact) mass is 196 g/mol. The van der Waals surface area contributed by atoms with Crippen LogP contribution in [0.15, 0.2) is 0 Å². The van der Waals surface area contributed by atoms with Crippen molar-refractivity contribution in [2.75, 3.05) is 0 Å². The molecule has 3 nitrogen and oxygen atoms in total. The standard InChI is InChI=1S/C5H13AsO3/c1-5(2)3-4-6(7,8)9/h5H,3-4H2,1-2H3,(H2,7,8,9). The number of rotatable bonds is 3. The topological polar surface area (TPSA) is 57.5 Å². The van der Waals surface area contributed by atoms with Crippen LogP contribution in [0.25, 0.3) is 0 Å². The minimum atomic E-state index is -4.27. The fraction of sp³-hybridized carbons (Fsp3) is 1.00. The van der Waals surface area contributed by atoms with Gasteiger partial charge in [0.25, 0.3) is 0 Å². The predicted molar refractivity (Wildman–Crippen MR) is 35.1 cm³/mol. The van der Waals surface area contributed by atoms with Crippen molar-refractivity contribution in [2.45, 2.75) is 25.5 Å². The molecule has 2 N–H and O–H groups in total. The van der Waals surface area contributed by atoms with Crippen molar-refractivity contribution in [1.29, 1.82) is 0 Å². The third-order valence-corrected chi connectivity index (χ3v) is 2.76. The zero-order chi connectivity index (χ0) is 7.49. The van der Waals surface area contributed by atoms with Crippen molar-refractivity contribution in [2.24, 2.45) is 5.92 Å². The average Bonchev–Trinajstić information content (AvgIpc) is 1.59. The summed E-state index contributed by atoms with van der Waals surface area (Å²) in [5.74, 6) is 0.388. The summed E-state index contributed by atoms with van der Waals surface area (Å²) in [5, 5.41) is 0.0793. The van der Waals surface area contributed by atoms with Gasteiger partial charge >= 0.3 is 57.5 Å². The summed E-state index contributed by atoms with van der Waals surface area (Å²) < 4.78 is 27.2. The molecule has 56 valence electrons. The molecule has 0 aliphatic rings. The van der Waals surface area contributed by atoms with Gasteiger partial charge in [-0.05, 0) is 0 Å². The van der Waals surface area contributed by atoms with Crippen molar-refractivity contribution >= 4 is 14.2 Å². The van der Waals surface area contributed by atoms with E-state index in [1.165, 1.54) is 0 Å². The molecule has 0 saturated carbocycles. The van der Waals surface area contributed by atoms with Gasteiger partial charge in [0.15, 0.2) is 0 Å². The number of hydrogen-bond acceptors (Lipinski definition) is 1. The van der Waals surface area contributed by atoms with Crippen LogP contribution in [0.5, 0.6) is 0 Å². The Labute approximate surface area is 58.1 Å². The second kappa shape index (κ2) is 3.45. The first-order valence-corrected chi connectivity index (χ1v) is 6.73. The zero-order valence-electron chi connectivity index (χ0n) is 5.74. The summed E-state index contributed by atoms with van der Waals surface area (Å²) in [6.45, 7) is 3.90. The van der Waals surface area contributed by atoms with E-state index in [0.717, 1.165) is 0 Å². The Hall–Kier alpha value is 0.278. The molecule has 0 bridgehead atoms. The Morgan fingerprint density at radius 2 is 1.89 bits per heavy atom. The summed E-state index contributed by atoms with van der Waals surface area (Å²) in [7, 11) is 0. The van der Waals surface area contributed by atoms with Crippen molar-refractivity contribution in [3.8, 4) is 0 Å². The Balaban J connectivity index is 3.40. The molecule has 0 fully saturated rings. The fourth-order valence-corrected chi connectivity index (χ4v) is 2.22. The maximum atomic E-state index is 10.3. The Morgan fingerprint density at radius 3 is 2.00 bits per heavy atom. The zero-order valence-corrected chi connectivity index (χ0v) is 7.62. The second-order valence-corrected chi connectivity index (χ2v) is 6.30. The first-order valence-electron chi connectivity index (χ1n) is 2.96. The van der Waals surface area contributed by atoms with Gasteiger partial charge < -0.3 is 0 Å². The van der Waals surface area contributed by atoms with E-state index in [9.17, 15) is 3.74 Å². The van der Waals surface area contributed by atoms with Crippen LogP contribution in [-0.2, 0) is 3.74 Å². The Kier molecular flexibility index (Phi) is 3.55. The molecule has 0 rings (SSSR count). The fourth-order valence-electron chi connectivity index (χ4n) is 0.426. The third kappa shape index (κ3) is 8.28. The van der Waals surface area contributed by atoms with E-state index in [4.69, 9.17) is 8.19 Å². The normalized spacial score (nSPS) is 12.6. The molecule has 0 saturated heterocycles. The van der Waals surface area contributed by atoms with E-state index in [2.05, 4.69) is 0 Å². The van der Waals surface area contributed by atoms with E-state index in [1.807, 2.05) is 13.8 Å². The van der Waals surface area contributed by atoms with E-state index in [1.54, 1.807) is 0 Å². The minimum absolute atomic E-state index is 0.0793. The van der Waals surface area contributed by atoms with Crippen LogP contribution >= 0.6 is 0 Å². The van der Waals surface area contributed by atoms with E-state index >= 15 is 0 Å². The van der Waals surface area contributed by atoms with Crippen LogP contribution in [0.2, 0.25) is 5.21 Å². The first-order chi connectivity index (χ1) is 3.92. The van der Waals surface area contributed by atoms with Crippen LogP contribution < -0.4 is 0 Å². The van der Waals surface area contributed by atoms with Crippen LogP contribution in [0.3, 0.4) is 0 Å². The molecule has 9 heavy (non-hydrogen) atoms. The molecule has 0 atom stereocenters. The summed E-state index contributed by atoms with van der Waals surface area (Å²) >= 11 is -4.27. The molecule has 0 aliphatic heterocycles. The third-order valence-electron chi connectivity index (χ3n) is 0.998. The van der Waals surface area contributed by atoms with Gasteiger partial charge in [0.1, 0.15) is 0 Å². The van der Waals surface area contributed by atoms with Crippen LogP contribution in [0.1, 0.15) is 20.3 Å². The molecule has 0 radical (unpaired) electrons. The maximum absolute atomic E-state index is 10.3. The van der Waals surface area contributed by atoms with Gasteiger partial charge in [-0.3, -0.25) is 0 Å². The quantitative estimate of drug-likeness (QED) is 0.642. The predicted octanol–water partition coefficient (Wildman–Crippen LogP) is 0.386. The van der Waals surface area contributed by atoms with Gasteiger partial charge in [0.05, 0.1) is 0 Å². The molecule has 0 amide bonds. The van der Waals surface area contributed by atoms with Crippen molar-refractivity contribution < 1.29 is 11.9 Å². The summed E-state index contributed by atoms with van der Waals surface area (Å²) in [6, 6.07) is 0. The van der Waals surface area contributed by atoms with Gasteiger partial charge in [-0.1, -0.05) is 0 Å². The molecular weight excluding hydrogens is 183 g/mol. The summed E-state index contributed by atoms with van der Waals surface area (Å²) in [5.41, 5.74) is 0. The van der Waals surface area contributed by atoms with Crippen molar-refractivity contribution in [3.05, 3.63) is 0 Å². The van der Waals surface area contributed by atoms with Crippen molar-refractivity contribution in [1.82, 2.24) is 0 Å². The van der Waals surface area contributed by atoms with E-state index < -0.39 is 14.2 Å². The van der Waals surface area contributed by atoms with Gasteiger partial charge in [-0.15, -0.1) is 0 Å². The summed E-state index contributed by atoms with van der Waals surface area (Å²) in [6.07, 6.45) is 0.628. The molecule has 0 aromatic rings. The molecule has 0 heterocycles. The van der Waals surface area contributed by atoms with Gasteiger partial charge in [-0.2, -0.15) is 0 Å². The SMILES string of the molecule is CC(C)CC[As](=O)(O)O. The van der Waals surface area contributed by atoms with Gasteiger partial charge in [0.2, 0.25) is 0 Å². The van der Waals surface area contributed by atoms with Crippen LogP contribution in [0, 0.1) is 5.92 Å². The summed E-state index contributed by atoms with van der Waals surface area (Å²) in [4.78, 5) is 0. The van der Waals surface area contributed by atoms with Crippen molar-refractivity contribution in [3.63, 3.8) is 0 Å². The molecule has 0 aromatic carbocycles. The van der Waals surface area contributed by atoms with Gasteiger partial charge in [0, 0.05) is 0 Å². The van der Waals surface area contributed by atoms with E-state index in [-0.39, 0.29) is 5.21 Å². The molecule has 0 spiro atoms. The molecule has 0 aliphatic carbocycles. The second-order valence-electron chi connectivity index (χ2n) is 2.57. The number of hydrogen-bond donors (Lipinski definition) is 2. The van der Waals surface area contributed by atoms with Crippen LogP contribution in [0.4, 0.5) is 0 Å². The van der Waals surface area contributed by atoms with E-state index in [0.29, 0.717) is 12.3 Å². The molecule has 0 aromatic heterocycles. The molecule has 0 unspecified atom stereocenters. The average molecular weight is 196 g/mol. The Bertz CT molecular complexity index is 115. The first kappa shape index (κ1) is 9.28. The van der Waals surface area contributed by atoms with Crippen LogP contribution in [-0.4, -0.2) is 22.4 Å². The molecule has 4 heteroatoms. The Morgan fingerprint density at radius 1 is 1.44 bits per heavy atom. The molecular formula is C5H13AsO3.